The van der Waals surface area contributed by atoms with Crippen LogP contribution in [0.4, 0.5) is 5.82 Å². The number of aryl methyl sites for hydroxylation is 1. The zero-order valence-electron chi connectivity index (χ0n) is 6.99. The Morgan fingerprint density at radius 3 is 3.00 bits per heavy atom. The highest BCUT2D eigenvalue weighted by atomic mass is 16.3. The van der Waals surface area contributed by atoms with Crippen LogP contribution in [0.25, 0.3) is 0 Å². The summed E-state index contributed by atoms with van der Waals surface area (Å²) in [5.41, 5.74) is 0.897. The van der Waals surface area contributed by atoms with Crippen molar-refractivity contribution in [1.82, 2.24) is 4.98 Å². The third-order valence-corrected chi connectivity index (χ3v) is 1.99. The fraction of sp³-hybridized carbons (Fsp3) is 0.444. The van der Waals surface area contributed by atoms with Gasteiger partial charge in [0, 0.05) is 24.8 Å². The lowest BCUT2D eigenvalue weighted by atomic mass is 10.2. The van der Waals surface area contributed by atoms with Crippen LogP contribution in [-0.2, 0) is 0 Å². The van der Waals surface area contributed by atoms with Gasteiger partial charge in [0.1, 0.15) is 5.82 Å². The first-order chi connectivity index (χ1) is 5.75. The summed E-state index contributed by atoms with van der Waals surface area (Å²) in [4.78, 5) is 6.34. The van der Waals surface area contributed by atoms with Gasteiger partial charge in [-0.3, -0.25) is 0 Å². The third kappa shape index (κ3) is 1.28. The number of rotatable bonds is 1. The van der Waals surface area contributed by atoms with Crippen molar-refractivity contribution in [2.45, 2.75) is 13.0 Å². The Morgan fingerprint density at radius 2 is 2.42 bits per heavy atom. The second-order valence-corrected chi connectivity index (χ2v) is 3.09. The van der Waals surface area contributed by atoms with E-state index in [0.29, 0.717) is 13.1 Å². The molecule has 0 bridgehead atoms. The minimum Gasteiger partial charge on any atom is -0.389 e. The molecule has 0 saturated carbocycles. The number of anilines is 1. The van der Waals surface area contributed by atoms with E-state index < -0.39 is 0 Å². The number of aliphatic hydroxyl groups excluding tert-OH is 1. The molecular weight excluding hydrogens is 152 g/mol. The molecule has 3 heteroatoms. The lowest BCUT2D eigenvalue weighted by Crippen LogP contribution is -2.51. The van der Waals surface area contributed by atoms with E-state index in [2.05, 4.69) is 11.1 Å². The van der Waals surface area contributed by atoms with E-state index in [4.69, 9.17) is 5.11 Å². The Morgan fingerprint density at radius 1 is 1.67 bits per heavy atom. The molecular formula is C9H11N2O. The smallest absolute Gasteiger partial charge is 0.129 e. The van der Waals surface area contributed by atoms with Crippen LogP contribution in [0.2, 0.25) is 0 Å². The number of pyridine rings is 1. The number of β-amino-alcohol motifs (C(OH)–C–C–N with tert-alkyl or cyclic N) is 1. The minimum atomic E-state index is -0.170. The zero-order chi connectivity index (χ0) is 8.55. The molecule has 1 N–H and O–H groups in total. The van der Waals surface area contributed by atoms with Gasteiger partial charge in [-0.2, -0.15) is 0 Å². The van der Waals surface area contributed by atoms with Gasteiger partial charge in [-0.25, -0.2) is 4.98 Å². The van der Waals surface area contributed by atoms with E-state index in [-0.39, 0.29) is 6.10 Å². The van der Waals surface area contributed by atoms with Crippen LogP contribution in [0.5, 0.6) is 0 Å². The highest BCUT2D eigenvalue weighted by Gasteiger charge is 2.25. The van der Waals surface area contributed by atoms with Crippen molar-refractivity contribution in [3.05, 3.63) is 23.9 Å². The number of aliphatic hydroxyl groups is 1. The van der Waals surface area contributed by atoms with Crippen LogP contribution in [0.1, 0.15) is 5.69 Å². The molecule has 12 heavy (non-hydrogen) atoms. The van der Waals surface area contributed by atoms with Crippen LogP contribution >= 0.6 is 0 Å². The predicted molar refractivity (Wildman–Crippen MR) is 46.0 cm³/mol. The van der Waals surface area contributed by atoms with Gasteiger partial charge in [0.2, 0.25) is 0 Å². The molecule has 1 aromatic heterocycles. The predicted octanol–water partition coefficient (Wildman–Crippen LogP) is 0.371. The first-order valence-corrected chi connectivity index (χ1v) is 4.04. The fourth-order valence-corrected chi connectivity index (χ4v) is 1.30. The SMILES string of the molecule is Cc1[c]ccc(N2CC(O)C2)n1. The van der Waals surface area contributed by atoms with Crippen molar-refractivity contribution in [1.29, 1.82) is 0 Å². The molecule has 0 amide bonds. The molecule has 0 aliphatic carbocycles. The monoisotopic (exact) mass is 163 g/mol. The first kappa shape index (κ1) is 7.55. The van der Waals surface area contributed by atoms with Gasteiger partial charge in [-0.05, 0) is 19.1 Å². The molecule has 1 aliphatic rings. The molecule has 2 heterocycles. The number of aromatic nitrogens is 1. The number of hydrogen-bond acceptors (Lipinski definition) is 3. The Balaban J connectivity index is 2.13. The molecule has 0 unspecified atom stereocenters. The molecule has 1 aromatic rings. The highest BCUT2D eigenvalue weighted by Crippen LogP contribution is 2.17. The Hall–Kier alpha value is -1.09. The van der Waals surface area contributed by atoms with Gasteiger partial charge in [0.05, 0.1) is 6.10 Å². The Labute approximate surface area is 71.7 Å². The number of nitrogens with zero attached hydrogens (tertiary/aromatic N) is 2. The van der Waals surface area contributed by atoms with Crippen LogP contribution < -0.4 is 4.90 Å². The largest absolute Gasteiger partial charge is 0.389 e. The molecule has 2 rings (SSSR count). The second kappa shape index (κ2) is 2.75. The van der Waals surface area contributed by atoms with Crippen molar-refractivity contribution in [3.8, 4) is 0 Å². The van der Waals surface area contributed by atoms with Crippen LogP contribution in [0.15, 0.2) is 12.1 Å². The van der Waals surface area contributed by atoms with Crippen molar-refractivity contribution in [3.63, 3.8) is 0 Å². The average molecular weight is 163 g/mol. The van der Waals surface area contributed by atoms with Crippen molar-refractivity contribution in [2.24, 2.45) is 0 Å². The van der Waals surface area contributed by atoms with Gasteiger partial charge < -0.3 is 10.0 Å². The Bertz CT molecular complexity index is 282. The molecule has 1 fully saturated rings. The summed E-state index contributed by atoms with van der Waals surface area (Å²) >= 11 is 0. The summed E-state index contributed by atoms with van der Waals surface area (Å²) in [6.07, 6.45) is -0.170. The summed E-state index contributed by atoms with van der Waals surface area (Å²) in [6, 6.07) is 6.76. The summed E-state index contributed by atoms with van der Waals surface area (Å²) in [6.45, 7) is 3.33. The zero-order valence-corrected chi connectivity index (χ0v) is 6.99. The molecule has 0 atom stereocenters. The van der Waals surface area contributed by atoms with Crippen molar-refractivity contribution >= 4 is 5.82 Å². The molecule has 0 aromatic carbocycles. The van der Waals surface area contributed by atoms with E-state index in [0.717, 1.165) is 11.5 Å². The van der Waals surface area contributed by atoms with E-state index in [1.807, 2.05) is 24.0 Å². The molecule has 1 aliphatic heterocycles. The van der Waals surface area contributed by atoms with Gasteiger partial charge in [-0.15, -0.1) is 0 Å². The fourth-order valence-electron chi connectivity index (χ4n) is 1.30. The van der Waals surface area contributed by atoms with Gasteiger partial charge >= 0.3 is 0 Å². The van der Waals surface area contributed by atoms with Crippen LogP contribution in [0.3, 0.4) is 0 Å². The average Bonchev–Trinajstić information content (AvgIpc) is 1.99. The van der Waals surface area contributed by atoms with Crippen molar-refractivity contribution in [2.75, 3.05) is 18.0 Å². The first-order valence-electron chi connectivity index (χ1n) is 4.04. The van der Waals surface area contributed by atoms with E-state index in [9.17, 15) is 0 Å². The minimum absolute atomic E-state index is 0.170. The summed E-state index contributed by atoms with van der Waals surface area (Å²) in [7, 11) is 0. The van der Waals surface area contributed by atoms with Crippen molar-refractivity contribution < 1.29 is 5.11 Å². The summed E-state index contributed by atoms with van der Waals surface area (Å²) in [5.74, 6) is 0.941. The lowest BCUT2D eigenvalue weighted by molar-refractivity contribution is 0.141. The molecule has 1 saturated heterocycles. The number of hydrogen-bond donors (Lipinski definition) is 1. The maximum Gasteiger partial charge on any atom is 0.129 e. The molecule has 0 spiro atoms. The van der Waals surface area contributed by atoms with E-state index >= 15 is 0 Å². The molecule has 3 nitrogen and oxygen atoms in total. The highest BCUT2D eigenvalue weighted by molar-refractivity contribution is 5.42. The summed E-state index contributed by atoms with van der Waals surface area (Å²) in [5, 5.41) is 9.07. The topological polar surface area (TPSA) is 36.4 Å². The standard InChI is InChI=1S/C9H11N2O/c1-7-3-2-4-9(10-7)11-5-8(12)6-11/h2,4,8,12H,5-6H2,1H3. The van der Waals surface area contributed by atoms with E-state index in [1.54, 1.807) is 0 Å². The summed E-state index contributed by atoms with van der Waals surface area (Å²) < 4.78 is 0. The quantitative estimate of drug-likeness (QED) is 0.650. The maximum absolute atomic E-state index is 9.07. The molecule has 1 radical (unpaired) electrons. The van der Waals surface area contributed by atoms with Gasteiger partial charge in [0.25, 0.3) is 0 Å². The van der Waals surface area contributed by atoms with Crippen LogP contribution in [-0.4, -0.2) is 29.3 Å². The normalized spacial score (nSPS) is 17.7. The van der Waals surface area contributed by atoms with E-state index in [1.165, 1.54) is 0 Å². The second-order valence-electron chi connectivity index (χ2n) is 3.09. The maximum atomic E-state index is 9.07. The van der Waals surface area contributed by atoms with Gasteiger partial charge in [0.15, 0.2) is 0 Å². The van der Waals surface area contributed by atoms with Crippen LogP contribution in [0, 0.1) is 13.0 Å². The lowest BCUT2D eigenvalue weighted by Gasteiger charge is -2.36. The third-order valence-electron chi connectivity index (χ3n) is 1.99. The molecule has 63 valence electrons. The Kier molecular flexibility index (Phi) is 1.73. The van der Waals surface area contributed by atoms with Gasteiger partial charge in [-0.1, -0.05) is 0 Å².